The van der Waals surface area contributed by atoms with E-state index in [4.69, 9.17) is 4.74 Å². The number of nitrogens with zero attached hydrogens (tertiary/aromatic N) is 5. The van der Waals surface area contributed by atoms with Crippen molar-refractivity contribution in [2.45, 2.75) is 39.5 Å². The zero-order valence-electron chi connectivity index (χ0n) is 18.9. The largest absolute Gasteiger partial charge is 0.373 e. The van der Waals surface area contributed by atoms with E-state index >= 15 is 0 Å². The molecule has 3 aromatic heterocycles. The SMILES string of the molecule is CNc1ccc(Cn2nc(C(F)=Cc3ccc(N4CC(C)OC(C)C4)nc3)cc2C)cn1. The molecule has 3 aromatic rings. The third kappa shape index (κ3) is 5.13. The highest BCUT2D eigenvalue weighted by molar-refractivity contribution is 5.75. The molecule has 8 heteroatoms. The molecule has 1 fully saturated rings. The predicted octanol–water partition coefficient (Wildman–Crippen LogP) is 4.15. The van der Waals surface area contributed by atoms with E-state index in [1.54, 1.807) is 23.1 Å². The van der Waals surface area contributed by atoms with Crippen LogP contribution in [0.4, 0.5) is 16.0 Å². The van der Waals surface area contributed by atoms with Gasteiger partial charge in [-0.05, 0) is 62.2 Å². The molecule has 4 heterocycles. The number of nitrogens with one attached hydrogen (secondary N) is 1. The normalized spacial score (nSPS) is 19.3. The van der Waals surface area contributed by atoms with Gasteiger partial charge >= 0.3 is 0 Å². The molecule has 0 saturated carbocycles. The number of halogens is 1. The highest BCUT2D eigenvalue weighted by Gasteiger charge is 2.23. The maximum Gasteiger partial charge on any atom is 0.151 e. The van der Waals surface area contributed by atoms with Crippen LogP contribution in [-0.2, 0) is 11.3 Å². The molecule has 0 aromatic carbocycles. The number of aryl methyl sites for hydroxylation is 1. The van der Waals surface area contributed by atoms with Gasteiger partial charge in [0.2, 0.25) is 0 Å². The maximum atomic E-state index is 14.9. The second-order valence-corrected chi connectivity index (χ2v) is 8.23. The summed E-state index contributed by atoms with van der Waals surface area (Å²) in [6.45, 7) is 8.16. The molecule has 1 N–H and O–H groups in total. The Bertz CT molecular complexity index is 1070. The molecule has 32 heavy (non-hydrogen) atoms. The summed E-state index contributed by atoms with van der Waals surface area (Å²) in [5, 5.41) is 7.43. The molecule has 0 bridgehead atoms. The fourth-order valence-corrected chi connectivity index (χ4v) is 3.88. The number of aromatic nitrogens is 4. The number of rotatable bonds is 6. The number of pyridine rings is 2. The smallest absolute Gasteiger partial charge is 0.151 e. The molecule has 1 saturated heterocycles. The fourth-order valence-electron chi connectivity index (χ4n) is 3.88. The van der Waals surface area contributed by atoms with Crippen LogP contribution in [0, 0.1) is 6.92 Å². The Balaban J connectivity index is 1.46. The van der Waals surface area contributed by atoms with Gasteiger partial charge in [0.05, 0.1) is 18.8 Å². The van der Waals surface area contributed by atoms with Crippen LogP contribution < -0.4 is 10.2 Å². The van der Waals surface area contributed by atoms with Gasteiger partial charge < -0.3 is 15.0 Å². The summed E-state index contributed by atoms with van der Waals surface area (Å²) in [7, 11) is 1.83. The molecule has 0 radical (unpaired) electrons. The van der Waals surface area contributed by atoms with E-state index in [9.17, 15) is 4.39 Å². The molecule has 2 unspecified atom stereocenters. The van der Waals surface area contributed by atoms with Crippen molar-refractivity contribution in [1.29, 1.82) is 0 Å². The van der Waals surface area contributed by atoms with Gasteiger partial charge in [-0.3, -0.25) is 4.68 Å². The van der Waals surface area contributed by atoms with Gasteiger partial charge in [0.25, 0.3) is 0 Å². The first-order valence-corrected chi connectivity index (χ1v) is 10.8. The maximum absolute atomic E-state index is 14.9. The lowest BCUT2D eigenvalue weighted by Gasteiger charge is -2.36. The van der Waals surface area contributed by atoms with Crippen molar-refractivity contribution in [2.75, 3.05) is 30.4 Å². The van der Waals surface area contributed by atoms with Gasteiger partial charge in [-0.2, -0.15) is 5.10 Å². The van der Waals surface area contributed by atoms with Crippen molar-refractivity contribution < 1.29 is 9.13 Å². The zero-order chi connectivity index (χ0) is 22.7. The van der Waals surface area contributed by atoms with Crippen LogP contribution in [0.15, 0.2) is 42.7 Å². The molecule has 0 aliphatic carbocycles. The van der Waals surface area contributed by atoms with Gasteiger partial charge in [-0.25, -0.2) is 14.4 Å². The van der Waals surface area contributed by atoms with E-state index in [1.807, 2.05) is 38.2 Å². The van der Waals surface area contributed by atoms with Crippen molar-refractivity contribution in [1.82, 2.24) is 19.7 Å². The lowest BCUT2D eigenvalue weighted by Crippen LogP contribution is -2.45. The Hall–Kier alpha value is -3.26. The minimum atomic E-state index is -0.390. The number of morpholine rings is 1. The van der Waals surface area contributed by atoms with E-state index in [1.165, 1.54) is 6.08 Å². The van der Waals surface area contributed by atoms with Crippen LogP contribution in [0.25, 0.3) is 11.9 Å². The highest BCUT2D eigenvalue weighted by atomic mass is 19.1. The van der Waals surface area contributed by atoms with Crippen LogP contribution in [0.1, 0.15) is 36.4 Å². The summed E-state index contributed by atoms with van der Waals surface area (Å²) >= 11 is 0. The topological polar surface area (TPSA) is 68.1 Å². The van der Waals surface area contributed by atoms with Crippen molar-refractivity contribution in [3.63, 3.8) is 0 Å². The molecule has 1 aliphatic heterocycles. The summed E-state index contributed by atoms with van der Waals surface area (Å²) in [5.74, 6) is 1.29. The molecule has 4 rings (SSSR count). The first kappa shape index (κ1) is 22.0. The minimum absolute atomic E-state index is 0.160. The molecule has 168 valence electrons. The Morgan fingerprint density at radius 1 is 1.16 bits per heavy atom. The number of hydrogen-bond donors (Lipinski definition) is 1. The molecular formula is C24H29FN6O. The number of hydrogen-bond acceptors (Lipinski definition) is 6. The zero-order valence-corrected chi connectivity index (χ0v) is 18.9. The van der Waals surface area contributed by atoms with Crippen molar-refractivity contribution in [3.8, 4) is 0 Å². The monoisotopic (exact) mass is 436 g/mol. The van der Waals surface area contributed by atoms with Crippen molar-refractivity contribution >= 4 is 23.5 Å². The standard InChI is InChI=1S/C24H29FN6O/c1-16-9-22(29-31(16)15-20-5-7-23(26-4)27-12-20)21(25)10-19-6-8-24(28-11-19)30-13-17(2)32-18(3)14-30/h5-12,17-18H,13-15H2,1-4H3,(H,26,27). The van der Waals surface area contributed by atoms with E-state index < -0.39 is 5.83 Å². The molecule has 0 amide bonds. The van der Waals surface area contributed by atoms with Gasteiger partial charge in [0.15, 0.2) is 5.83 Å². The summed E-state index contributed by atoms with van der Waals surface area (Å²) in [6, 6.07) is 9.44. The first-order chi connectivity index (χ1) is 15.4. The van der Waals surface area contributed by atoms with Gasteiger partial charge in [0.1, 0.15) is 17.3 Å². The number of ether oxygens (including phenoxy) is 1. The Kier molecular flexibility index (Phi) is 6.50. The van der Waals surface area contributed by atoms with Gasteiger partial charge in [0, 0.05) is 38.2 Å². The second kappa shape index (κ2) is 9.48. The van der Waals surface area contributed by atoms with E-state index in [-0.39, 0.29) is 12.2 Å². The Labute approximate surface area is 187 Å². The first-order valence-electron chi connectivity index (χ1n) is 10.8. The Morgan fingerprint density at radius 3 is 2.56 bits per heavy atom. The highest BCUT2D eigenvalue weighted by Crippen LogP contribution is 2.22. The van der Waals surface area contributed by atoms with Gasteiger partial charge in [-0.1, -0.05) is 6.07 Å². The molecule has 0 spiro atoms. The minimum Gasteiger partial charge on any atom is -0.373 e. The summed E-state index contributed by atoms with van der Waals surface area (Å²) < 4.78 is 22.5. The van der Waals surface area contributed by atoms with E-state index in [0.717, 1.165) is 36.0 Å². The van der Waals surface area contributed by atoms with E-state index in [2.05, 4.69) is 39.1 Å². The second-order valence-electron chi connectivity index (χ2n) is 8.23. The van der Waals surface area contributed by atoms with Crippen LogP contribution in [0.2, 0.25) is 0 Å². The average Bonchev–Trinajstić information content (AvgIpc) is 3.14. The third-order valence-corrected chi connectivity index (χ3v) is 5.45. The quantitative estimate of drug-likeness (QED) is 0.626. The van der Waals surface area contributed by atoms with Crippen LogP contribution in [0.5, 0.6) is 0 Å². The number of anilines is 2. The summed E-state index contributed by atoms with van der Waals surface area (Å²) in [6.07, 6.45) is 5.28. The summed E-state index contributed by atoms with van der Waals surface area (Å²) in [4.78, 5) is 11.0. The van der Waals surface area contributed by atoms with Crippen LogP contribution in [0.3, 0.4) is 0 Å². The molecular weight excluding hydrogens is 407 g/mol. The van der Waals surface area contributed by atoms with Crippen molar-refractivity contribution in [2.24, 2.45) is 0 Å². The average molecular weight is 437 g/mol. The lowest BCUT2D eigenvalue weighted by molar-refractivity contribution is -0.00545. The Morgan fingerprint density at radius 2 is 1.94 bits per heavy atom. The lowest BCUT2D eigenvalue weighted by atomic mass is 10.2. The molecule has 2 atom stereocenters. The van der Waals surface area contributed by atoms with Gasteiger partial charge in [-0.15, -0.1) is 0 Å². The van der Waals surface area contributed by atoms with Crippen molar-refractivity contribution in [3.05, 3.63) is 65.2 Å². The molecule has 1 aliphatic rings. The fraction of sp³-hybridized carbons (Fsp3) is 0.375. The summed E-state index contributed by atoms with van der Waals surface area (Å²) in [5.41, 5.74) is 2.88. The van der Waals surface area contributed by atoms with Crippen LogP contribution in [-0.4, -0.2) is 52.1 Å². The predicted molar refractivity (Wildman–Crippen MR) is 125 cm³/mol. The van der Waals surface area contributed by atoms with Crippen LogP contribution >= 0.6 is 0 Å². The van der Waals surface area contributed by atoms with E-state index in [0.29, 0.717) is 17.8 Å². The molecule has 7 nitrogen and oxygen atoms in total. The third-order valence-electron chi connectivity index (χ3n) is 5.45.